The predicted molar refractivity (Wildman–Crippen MR) is 65.7 cm³/mol. The Morgan fingerprint density at radius 1 is 1.28 bits per heavy atom. The average Bonchev–Trinajstić information content (AvgIpc) is 2.36. The molecular formula is C11H8BrF2N3O. The summed E-state index contributed by atoms with van der Waals surface area (Å²) >= 11 is 3.01. The van der Waals surface area contributed by atoms with Crippen molar-refractivity contribution in [2.45, 2.75) is 0 Å². The number of nitrogens with one attached hydrogen (secondary N) is 1. The van der Waals surface area contributed by atoms with E-state index in [1.54, 1.807) is 7.05 Å². The third-order valence-electron chi connectivity index (χ3n) is 2.04. The van der Waals surface area contributed by atoms with Gasteiger partial charge in [0.15, 0.2) is 0 Å². The molecule has 2 aromatic rings. The molecule has 0 radical (unpaired) electrons. The van der Waals surface area contributed by atoms with Gasteiger partial charge in [0.1, 0.15) is 11.6 Å². The van der Waals surface area contributed by atoms with Gasteiger partial charge >= 0.3 is 0 Å². The van der Waals surface area contributed by atoms with Crippen LogP contribution in [0.3, 0.4) is 0 Å². The number of rotatable bonds is 3. The minimum atomic E-state index is -0.725. The Kier molecular flexibility index (Phi) is 3.71. The van der Waals surface area contributed by atoms with Crippen LogP contribution in [0.1, 0.15) is 0 Å². The first-order valence-electron chi connectivity index (χ1n) is 4.93. The molecule has 0 fully saturated rings. The number of aromatic nitrogens is 2. The van der Waals surface area contributed by atoms with Crippen LogP contribution >= 0.6 is 15.9 Å². The second kappa shape index (κ2) is 5.26. The van der Waals surface area contributed by atoms with Crippen LogP contribution in [0.2, 0.25) is 0 Å². The second-order valence-electron chi connectivity index (χ2n) is 3.27. The summed E-state index contributed by atoms with van der Waals surface area (Å²) in [6, 6.07) is 4.08. The van der Waals surface area contributed by atoms with Crippen molar-refractivity contribution in [1.29, 1.82) is 0 Å². The summed E-state index contributed by atoms with van der Waals surface area (Å²) in [6.07, 6.45) is 0.976. The molecule has 18 heavy (non-hydrogen) atoms. The Morgan fingerprint density at radius 2 is 2.06 bits per heavy atom. The molecule has 4 nitrogen and oxygen atoms in total. The summed E-state index contributed by atoms with van der Waals surface area (Å²) in [7, 11) is 1.59. The van der Waals surface area contributed by atoms with Gasteiger partial charge in [-0.1, -0.05) is 0 Å². The monoisotopic (exact) mass is 315 g/mol. The zero-order chi connectivity index (χ0) is 13.1. The van der Waals surface area contributed by atoms with Gasteiger partial charge in [-0.05, 0) is 28.1 Å². The molecule has 94 valence electrons. The van der Waals surface area contributed by atoms with Crippen molar-refractivity contribution in [2.24, 2.45) is 0 Å². The van der Waals surface area contributed by atoms with Crippen LogP contribution in [-0.2, 0) is 0 Å². The molecule has 0 amide bonds. The van der Waals surface area contributed by atoms with E-state index >= 15 is 0 Å². The maximum atomic E-state index is 13.4. The third-order valence-corrected chi connectivity index (χ3v) is 2.68. The summed E-state index contributed by atoms with van der Waals surface area (Å²) in [6.45, 7) is 0. The molecule has 0 aliphatic heterocycles. The highest BCUT2D eigenvalue weighted by atomic mass is 79.9. The topological polar surface area (TPSA) is 47.0 Å². The fourth-order valence-electron chi connectivity index (χ4n) is 1.20. The lowest BCUT2D eigenvalue weighted by Gasteiger charge is -2.07. The zero-order valence-corrected chi connectivity index (χ0v) is 10.8. The van der Waals surface area contributed by atoms with Crippen LogP contribution in [0.25, 0.3) is 0 Å². The predicted octanol–water partition coefficient (Wildman–Crippen LogP) is 3.35. The molecule has 0 saturated heterocycles. The Morgan fingerprint density at radius 3 is 2.72 bits per heavy atom. The van der Waals surface area contributed by atoms with Crippen LogP contribution in [0.15, 0.2) is 28.9 Å². The van der Waals surface area contributed by atoms with Gasteiger partial charge in [0.25, 0.3) is 5.88 Å². The SMILES string of the molecule is CNc1ncc(F)c(Oc2ccc(Br)c(F)c2)n1. The number of hydrogen-bond donors (Lipinski definition) is 1. The van der Waals surface area contributed by atoms with Gasteiger partial charge in [-0.25, -0.2) is 9.37 Å². The van der Waals surface area contributed by atoms with Crippen molar-refractivity contribution < 1.29 is 13.5 Å². The molecule has 0 unspecified atom stereocenters. The van der Waals surface area contributed by atoms with Crippen molar-refractivity contribution in [1.82, 2.24) is 9.97 Å². The lowest BCUT2D eigenvalue weighted by Crippen LogP contribution is -2.00. The molecule has 2 rings (SSSR count). The second-order valence-corrected chi connectivity index (χ2v) is 4.13. The minimum absolute atomic E-state index is 0.148. The van der Waals surface area contributed by atoms with Crippen molar-refractivity contribution in [3.8, 4) is 11.6 Å². The van der Waals surface area contributed by atoms with E-state index in [0.29, 0.717) is 4.47 Å². The molecule has 1 aromatic heterocycles. The van der Waals surface area contributed by atoms with Gasteiger partial charge in [0.2, 0.25) is 11.8 Å². The molecule has 0 aliphatic carbocycles. The fraction of sp³-hybridized carbons (Fsp3) is 0.0909. The van der Waals surface area contributed by atoms with E-state index in [0.717, 1.165) is 12.3 Å². The summed E-state index contributed by atoms with van der Waals surface area (Å²) in [4.78, 5) is 7.46. The fourth-order valence-corrected chi connectivity index (χ4v) is 1.44. The smallest absolute Gasteiger partial charge is 0.260 e. The zero-order valence-electron chi connectivity index (χ0n) is 9.25. The quantitative estimate of drug-likeness (QED) is 0.943. The Bertz CT molecular complexity index is 580. The maximum Gasteiger partial charge on any atom is 0.260 e. The van der Waals surface area contributed by atoms with Crippen LogP contribution in [0.5, 0.6) is 11.6 Å². The van der Waals surface area contributed by atoms with Crippen LogP contribution in [0, 0.1) is 11.6 Å². The lowest BCUT2D eigenvalue weighted by molar-refractivity contribution is 0.417. The molecule has 0 spiro atoms. The highest BCUT2D eigenvalue weighted by Gasteiger charge is 2.10. The molecule has 7 heteroatoms. The first kappa shape index (κ1) is 12.7. The Balaban J connectivity index is 2.30. The van der Waals surface area contributed by atoms with Gasteiger partial charge in [-0.3, -0.25) is 0 Å². The van der Waals surface area contributed by atoms with E-state index in [9.17, 15) is 8.78 Å². The van der Waals surface area contributed by atoms with Crippen molar-refractivity contribution >= 4 is 21.9 Å². The van der Waals surface area contributed by atoms with Crippen LogP contribution in [0.4, 0.5) is 14.7 Å². The number of benzene rings is 1. The van der Waals surface area contributed by atoms with Gasteiger partial charge in [-0.2, -0.15) is 9.37 Å². The first-order chi connectivity index (χ1) is 8.60. The molecule has 0 atom stereocenters. The standard InChI is InChI=1S/C11H8BrF2N3O/c1-15-11-16-5-9(14)10(17-11)18-6-2-3-7(12)8(13)4-6/h2-5H,1H3,(H,15,16,17). The van der Waals surface area contributed by atoms with Crippen molar-refractivity contribution in [3.63, 3.8) is 0 Å². The first-order valence-corrected chi connectivity index (χ1v) is 5.72. The van der Waals surface area contributed by atoms with E-state index in [-0.39, 0.29) is 17.6 Å². The van der Waals surface area contributed by atoms with E-state index in [2.05, 4.69) is 31.2 Å². The van der Waals surface area contributed by atoms with E-state index in [1.165, 1.54) is 12.1 Å². The summed E-state index contributed by atoms with van der Waals surface area (Å²) in [5, 5.41) is 2.65. The summed E-state index contributed by atoms with van der Waals surface area (Å²) in [5.74, 6) is -1.14. The van der Waals surface area contributed by atoms with Gasteiger partial charge in [-0.15, -0.1) is 0 Å². The molecular weight excluding hydrogens is 308 g/mol. The molecule has 0 saturated carbocycles. The van der Waals surface area contributed by atoms with Crippen molar-refractivity contribution in [3.05, 3.63) is 40.5 Å². The molecule has 0 bridgehead atoms. The normalized spacial score (nSPS) is 10.2. The average molecular weight is 316 g/mol. The summed E-state index contributed by atoms with van der Waals surface area (Å²) < 4.78 is 32.1. The lowest BCUT2D eigenvalue weighted by atomic mass is 10.3. The highest BCUT2D eigenvalue weighted by Crippen LogP contribution is 2.26. The molecule has 1 N–H and O–H groups in total. The maximum absolute atomic E-state index is 13.4. The summed E-state index contributed by atoms with van der Waals surface area (Å²) in [5.41, 5.74) is 0. The number of anilines is 1. The minimum Gasteiger partial charge on any atom is -0.436 e. The van der Waals surface area contributed by atoms with Crippen LogP contribution < -0.4 is 10.1 Å². The van der Waals surface area contributed by atoms with Crippen LogP contribution in [-0.4, -0.2) is 17.0 Å². The Labute approximate surface area is 110 Å². The number of halogens is 3. The molecule has 1 aromatic carbocycles. The van der Waals surface area contributed by atoms with Gasteiger partial charge in [0.05, 0.1) is 10.7 Å². The largest absolute Gasteiger partial charge is 0.436 e. The Hall–Kier alpha value is -1.76. The number of ether oxygens (including phenoxy) is 1. The molecule has 0 aliphatic rings. The van der Waals surface area contributed by atoms with E-state index < -0.39 is 11.6 Å². The van der Waals surface area contributed by atoms with E-state index in [4.69, 9.17) is 4.74 Å². The van der Waals surface area contributed by atoms with E-state index in [1.807, 2.05) is 0 Å². The third kappa shape index (κ3) is 2.73. The molecule has 1 heterocycles. The number of nitrogens with zero attached hydrogens (tertiary/aromatic N) is 2. The highest BCUT2D eigenvalue weighted by molar-refractivity contribution is 9.10. The van der Waals surface area contributed by atoms with Gasteiger partial charge < -0.3 is 10.1 Å². The van der Waals surface area contributed by atoms with Gasteiger partial charge in [0, 0.05) is 13.1 Å². The number of hydrogen-bond acceptors (Lipinski definition) is 4. The van der Waals surface area contributed by atoms with Crippen molar-refractivity contribution in [2.75, 3.05) is 12.4 Å².